The molecule has 1 aliphatic heterocycles. The minimum Gasteiger partial charge on any atom is -0.496 e. The molecule has 1 aromatic carbocycles. The maximum Gasteiger partial charge on any atom is 0.272 e. The molecule has 2 N–H and O–H groups in total. The van der Waals surface area contributed by atoms with Gasteiger partial charge in [-0.1, -0.05) is 18.2 Å². The summed E-state index contributed by atoms with van der Waals surface area (Å²) in [7, 11) is -1.40. The summed E-state index contributed by atoms with van der Waals surface area (Å²) in [5, 5.41) is 13.8. The van der Waals surface area contributed by atoms with Crippen molar-refractivity contribution in [3.05, 3.63) is 47.7 Å². The van der Waals surface area contributed by atoms with Gasteiger partial charge < -0.3 is 15.4 Å². The fraction of sp³-hybridized carbons (Fsp3) is 0.389. The number of hydrogen-bond acceptors (Lipinski definition) is 7. The standard InChI is InChI=1S/C18H22N4O4S/c1-26-16-5-3-2-4-13(16)8-10-19-17-7-6-15(21-22-17)18(23)20-14-9-11-27(24,25)12-14/h2-7,14H,8-12H2,1H3,(H,19,22)(H,20,23). The van der Waals surface area contributed by atoms with E-state index in [4.69, 9.17) is 4.74 Å². The second-order valence-electron chi connectivity index (χ2n) is 6.37. The van der Waals surface area contributed by atoms with E-state index < -0.39 is 15.7 Å². The normalized spacial score (nSPS) is 18.0. The highest BCUT2D eigenvalue weighted by atomic mass is 32.2. The quantitative estimate of drug-likeness (QED) is 0.727. The molecule has 0 saturated carbocycles. The second kappa shape index (κ2) is 8.34. The number of anilines is 1. The number of rotatable bonds is 7. The Morgan fingerprint density at radius 3 is 2.70 bits per heavy atom. The van der Waals surface area contributed by atoms with Gasteiger partial charge in [0, 0.05) is 12.6 Å². The van der Waals surface area contributed by atoms with Gasteiger partial charge in [0.15, 0.2) is 15.5 Å². The van der Waals surface area contributed by atoms with Gasteiger partial charge in [-0.05, 0) is 36.6 Å². The third-order valence-corrected chi connectivity index (χ3v) is 6.13. The molecular weight excluding hydrogens is 368 g/mol. The molecule has 27 heavy (non-hydrogen) atoms. The van der Waals surface area contributed by atoms with Crippen molar-refractivity contribution in [2.45, 2.75) is 18.9 Å². The first kappa shape index (κ1) is 19.1. The molecule has 9 heteroatoms. The molecule has 0 bridgehead atoms. The Morgan fingerprint density at radius 2 is 2.04 bits per heavy atom. The molecule has 1 atom stereocenters. The van der Waals surface area contributed by atoms with E-state index in [-0.39, 0.29) is 23.2 Å². The Bertz CT molecular complexity index is 900. The zero-order valence-corrected chi connectivity index (χ0v) is 15.8. The fourth-order valence-electron chi connectivity index (χ4n) is 2.95. The SMILES string of the molecule is COc1ccccc1CCNc1ccc(C(=O)NC2CCS(=O)(=O)C2)nn1. The maximum atomic E-state index is 12.1. The fourth-order valence-corrected chi connectivity index (χ4v) is 4.62. The Kier molecular flexibility index (Phi) is 5.90. The van der Waals surface area contributed by atoms with Crippen LogP contribution >= 0.6 is 0 Å². The van der Waals surface area contributed by atoms with Gasteiger partial charge in [-0.3, -0.25) is 4.79 Å². The van der Waals surface area contributed by atoms with Crippen molar-refractivity contribution < 1.29 is 17.9 Å². The largest absolute Gasteiger partial charge is 0.496 e. The van der Waals surface area contributed by atoms with Crippen molar-refractivity contribution in [1.29, 1.82) is 0 Å². The lowest BCUT2D eigenvalue weighted by Gasteiger charge is -2.11. The molecule has 2 heterocycles. The lowest BCUT2D eigenvalue weighted by Crippen LogP contribution is -2.36. The zero-order valence-electron chi connectivity index (χ0n) is 15.0. The van der Waals surface area contributed by atoms with Crippen LogP contribution < -0.4 is 15.4 Å². The van der Waals surface area contributed by atoms with Gasteiger partial charge in [-0.2, -0.15) is 0 Å². The number of carbonyl (C=O) groups excluding carboxylic acids is 1. The van der Waals surface area contributed by atoms with Crippen LogP contribution in [0.4, 0.5) is 5.82 Å². The molecule has 0 aliphatic carbocycles. The van der Waals surface area contributed by atoms with Gasteiger partial charge in [0.05, 0.1) is 18.6 Å². The van der Waals surface area contributed by atoms with Gasteiger partial charge >= 0.3 is 0 Å². The van der Waals surface area contributed by atoms with E-state index in [2.05, 4.69) is 20.8 Å². The van der Waals surface area contributed by atoms with Crippen LogP contribution in [0.15, 0.2) is 36.4 Å². The molecule has 2 aromatic rings. The van der Waals surface area contributed by atoms with E-state index in [1.807, 2.05) is 24.3 Å². The number of sulfone groups is 1. The van der Waals surface area contributed by atoms with Gasteiger partial charge in [0.1, 0.15) is 11.6 Å². The Labute approximate surface area is 158 Å². The minimum atomic E-state index is -3.04. The summed E-state index contributed by atoms with van der Waals surface area (Å²) in [5.74, 6) is 1.08. The number of ether oxygens (including phenoxy) is 1. The van der Waals surface area contributed by atoms with Crippen LogP contribution in [0.25, 0.3) is 0 Å². The summed E-state index contributed by atoms with van der Waals surface area (Å²) >= 11 is 0. The number of hydrogen-bond donors (Lipinski definition) is 2. The van der Waals surface area contributed by atoms with Crippen molar-refractivity contribution in [3.63, 3.8) is 0 Å². The van der Waals surface area contributed by atoms with E-state index in [1.165, 1.54) is 0 Å². The van der Waals surface area contributed by atoms with Crippen LogP contribution in [-0.2, 0) is 16.3 Å². The van der Waals surface area contributed by atoms with Crippen molar-refractivity contribution in [3.8, 4) is 5.75 Å². The predicted molar refractivity (Wildman–Crippen MR) is 102 cm³/mol. The molecule has 1 aliphatic rings. The van der Waals surface area contributed by atoms with E-state index in [9.17, 15) is 13.2 Å². The molecule has 1 amide bonds. The van der Waals surface area contributed by atoms with E-state index in [1.54, 1.807) is 19.2 Å². The Morgan fingerprint density at radius 1 is 1.22 bits per heavy atom. The number of nitrogens with zero attached hydrogens (tertiary/aromatic N) is 2. The van der Waals surface area contributed by atoms with Crippen LogP contribution in [0.2, 0.25) is 0 Å². The monoisotopic (exact) mass is 390 g/mol. The molecule has 0 radical (unpaired) electrons. The van der Waals surface area contributed by atoms with Crippen LogP contribution in [0, 0.1) is 0 Å². The highest BCUT2D eigenvalue weighted by Crippen LogP contribution is 2.17. The summed E-state index contributed by atoms with van der Waals surface area (Å²) < 4.78 is 28.2. The first-order valence-corrected chi connectivity index (χ1v) is 10.5. The topological polar surface area (TPSA) is 110 Å². The van der Waals surface area contributed by atoms with Crippen LogP contribution in [-0.4, -0.2) is 55.7 Å². The molecule has 3 rings (SSSR count). The lowest BCUT2D eigenvalue weighted by atomic mass is 10.1. The third-order valence-electron chi connectivity index (χ3n) is 4.36. The maximum absolute atomic E-state index is 12.1. The number of benzene rings is 1. The number of nitrogens with one attached hydrogen (secondary N) is 2. The Hall–Kier alpha value is -2.68. The summed E-state index contributed by atoms with van der Waals surface area (Å²) in [6, 6.07) is 10.7. The minimum absolute atomic E-state index is 0.0191. The zero-order chi connectivity index (χ0) is 19.3. The average Bonchev–Trinajstić information content (AvgIpc) is 3.01. The Balaban J connectivity index is 1.50. The van der Waals surface area contributed by atoms with Crippen molar-refractivity contribution in [1.82, 2.24) is 15.5 Å². The molecule has 1 unspecified atom stereocenters. The van der Waals surface area contributed by atoms with E-state index >= 15 is 0 Å². The number of para-hydroxylation sites is 1. The first-order chi connectivity index (χ1) is 13.0. The van der Waals surface area contributed by atoms with Gasteiger partial charge in [-0.25, -0.2) is 8.42 Å². The molecule has 0 spiro atoms. The van der Waals surface area contributed by atoms with Crippen LogP contribution in [0.3, 0.4) is 0 Å². The molecule has 144 valence electrons. The highest BCUT2D eigenvalue weighted by molar-refractivity contribution is 7.91. The molecule has 1 saturated heterocycles. The molecule has 1 aromatic heterocycles. The van der Waals surface area contributed by atoms with E-state index in [0.717, 1.165) is 17.7 Å². The second-order valence-corrected chi connectivity index (χ2v) is 8.59. The summed E-state index contributed by atoms with van der Waals surface area (Å²) in [6.45, 7) is 0.639. The highest BCUT2D eigenvalue weighted by Gasteiger charge is 2.29. The van der Waals surface area contributed by atoms with Crippen molar-refractivity contribution in [2.75, 3.05) is 30.5 Å². The molecular formula is C18H22N4O4S. The predicted octanol–water partition coefficient (Wildman–Crippen LogP) is 1.06. The van der Waals surface area contributed by atoms with Gasteiger partial charge in [-0.15, -0.1) is 10.2 Å². The molecule has 8 nitrogen and oxygen atoms in total. The summed E-state index contributed by atoms with van der Waals surface area (Å²) in [6.07, 6.45) is 1.19. The van der Waals surface area contributed by atoms with Crippen molar-refractivity contribution in [2.24, 2.45) is 0 Å². The molecule has 1 fully saturated rings. The number of methoxy groups -OCH3 is 1. The number of aromatic nitrogens is 2. The summed E-state index contributed by atoms with van der Waals surface area (Å²) in [4.78, 5) is 12.1. The number of amides is 1. The third kappa shape index (κ3) is 5.16. The van der Waals surface area contributed by atoms with Crippen LogP contribution in [0.1, 0.15) is 22.5 Å². The van der Waals surface area contributed by atoms with Crippen molar-refractivity contribution >= 4 is 21.6 Å². The average molecular weight is 390 g/mol. The van der Waals surface area contributed by atoms with Crippen LogP contribution in [0.5, 0.6) is 5.75 Å². The smallest absolute Gasteiger partial charge is 0.272 e. The number of carbonyl (C=O) groups is 1. The van der Waals surface area contributed by atoms with E-state index in [0.29, 0.717) is 18.8 Å². The first-order valence-electron chi connectivity index (χ1n) is 8.67. The van der Waals surface area contributed by atoms with Gasteiger partial charge in [0.25, 0.3) is 5.91 Å². The lowest BCUT2D eigenvalue weighted by molar-refractivity contribution is 0.0935. The van der Waals surface area contributed by atoms with Gasteiger partial charge in [0.2, 0.25) is 0 Å². The summed E-state index contributed by atoms with van der Waals surface area (Å²) in [5.41, 5.74) is 1.25.